The van der Waals surface area contributed by atoms with Crippen molar-refractivity contribution < 1.29 is 28.8 Å². The molecule has 0 unspecified atom stereocenters. The Morgan fingerprint density at radius 1 is 1.03 bits per heavy atom. The fraction of sp³-hybridized carbons (Fsp3) is 0.480. The highest BCUT2D eigenvalue weighted by molar-refractivity contribution is 5.66. The van der Waals surface area contributed by atoms with Gasteiger partial charge in [-0.05, 0) is 23.5 Å². The first-order valence-electron chi connectivity index (χ1n) is 10.9. The molecule has 5 rings (SSSR count). The first-order chi connectivity index (χ1) is 15.1. The van der Waals surface area contributed by atoms with Gasteiger partial charge in [-0.3, -0.25) is 4.79 Å². The maximum Gasteiger partial charge on any atom is 0.302 e. The van der Waals surface area contributed by atoms with Crippen LogP contribution in [-0.2, 0) is 37.0 Å². The zero-order valence-electron chi connectivity index (χ0n) is 17.6. The van der Waals surface area contributed by atoms with E-state index in [1.807, 2.05) is 60.7 Å². The lowest BCUT2D eigenvalue weighted by Crippen LogP contribution is -2.41. The maximum atomic E-state index is 11.5. The van der Waals surface area contributed by atoms with E-state index in [1.54, 1.807) is 0 Å². The molecule has 0 radical (unpaired) electrons. The monoisotopic (exact) mass is 424 g/mol. The van der Waals surface area contributed by atoms with Crippen LogP contribution in [0.25, 0.3) is 0 Å². The van der Waals surface area contributed by atoms with Gasteiger partial charge in [0.15, 0.2) is 0 Å². The van der Waals surface area contributed by atoms with Gasteiger partial charge in [0.05, 0.1) is 31.5 Å². The van der Waals surface area contributed by atoms with E-state index >= 15 is 0 Å². The van der Waals surface area contributed by atoms with Crippen molar-refractivity contribution in [2.45, 2.75) is 56.6 Å². The Kier molecular flexibility index (Phi) is 5.56. The molecule has 0 bridgehead atoms. The second-order valence-electron chi connectivity index (χ2n) is 8.79. The fourth-order valence-corrected chi connectivity index (χ4v) is 5.41. The Labute approximate surface area is 182 Å². The molecule has 2 aromatic carbocycles. The lowest BCUT2D eigenvalue weighted by molar-refractivity contribution is -0.146. The number of esters is 1. The van der Waals surface area contributed by atoms with E-state index in [4.69, 9.17) is 18.9 Å². The second kappa shape index (κ2) is 8.36. The quantitative estimate of drug-likeness (QED) is 0.519. The predicted molar refractivity (Wildman–Crippen MR) is 112 cm³/mol. The molecule has 1 heterocycles. The fourth-order valence-electron chi connectivity index (χ4n) is 5.41. The van der Waals surface area contributed by atoms with Crippen molar-refractivity contribution in [1.29, 1.82) is 0 Å². The summed E-state index contributed by atoms with van der Waals surface area (Å²) in [7, 11) is 0. The Morgan fingerprint density at radius 2 is 1.65 bits per heavy atom. The van der Waals surface area contributed by atoms with Crippen LogP contribution < -0.4 is 0 Å². The van der Waals surface area contributed by atoms with Gasteiger partial charge in [0, 0.05) is 12.8 Å². The Hall–Kier alpha value is -2.25. The average Bonchev–Trinajstić information content (AvgIpc) is 3.33. The number of benzene rings is 2. The number of aliphatic hydroxyl groups is 1. The second-order valence-corrected chi connectivity index (χ2v) is 8.79. The van der Waals surface area contributed by atoms with Crippen molar-refractivity contribution in [3.05, 3.63) is 71.8 Å². The Bertz CT molecular complexity index is 903. The molecular weight excluding hydrogens is 396 g/mol. The molecule has 31 heavy (non-hydrogen) atoms. The van der Waals surface area contributed by atoms with Crippen LogP contribution in [0.3, 0.4) is 0 Å². The van der Waals surface area contributed by atoms with E-state index in [2.05, 4.69) is 0 Å². The molecule has 2 aromatic rings. The molecular formula is C25H28O6. The van der Waals surface area contributed by atoms with Crippen LogP contribution in [-0.4, -0.2) is 47.7 Å². The molecule has 6 heteroatoms. The molecule has 164 valence electrons. The molecule has 1 saturated heterocycles. The van der Waals surface area contributed by atoms with Gasteiger partial charge >= 0.3 is 5.97 Å². The summed E-state index contributed by atoms with van der Waals surface area (Å²) in [6.45, 7) is 2.46. The largest absolute Gasteiger partial charge is 0.463 e. The van der Waals surface area contributed by atoms with Gasteiger partial charge in [0.2, 0.25) is 0 Å². The van der Waals surface area contributed by atoms with Gasteiger partial charge in [0.1, 0.15) is 18.3 Å². The summed E-state index contributed by atoms with van der Waals surface area (Å²) in [5.41, 5.74) is 1.49. The third-order valence-electron chi connectivity index (χ3n) is 6.86. The molecule has 3 aliphatic rings. The Balaban J connectivity index is 1.35. The van der Waals surface area contributed by atoms with Crippen LogP contribution in [0.5, 0.6) is 0 Å². The molecule has 1 aliphatic heterocycles. The standard InChI is InChI=1S/C25H28O6/c1-16(26)30-15-25-21-19(22(27)24(25)31-25)12-20(28-13-17-8-4-2-5-9-17)23(21)29-14-18-10-6-3-7-11-18/h2-11,19-24,27H,12-15H2,1H3/t19-,20-,21-,22-,23-,24-,25+/m1/s1. The summed E-state index contributed by atoms with van der Waals surface area (Å²) in [5.74, 6) is -0.439. The lowest BCUT2D eigenvalue weighted by Gasteiger charge is -2.29. The normalized spacial score (nSPS) is 35.4. The number of carbonyl (C=O) groups is 1. The van der Waals surface area contributed by atoms with Crippen molar-refractivity contribution in [3.63, 3.8) is 0 Å². The van der Waals surface area contributed by atoms with Crippen LogP contribution in [0, 0.1) is 11.8 Å². The minimum Gasteiger partial charge on any atom is -0.463 e. The van der Waals surface area contributed by atoms with Crippen molar-refractivity contribution in [2.75, 3.05) is 6.61 Å². The predicted octanol–water partition coefficient (Wildman–Crippen LogP) is 2.87. The summed E-state index contributed by atoms with van der Waals surface area (Å²) < 4.78 is 24.0. The van der Waals surface area contributed by atoms with E-state index in [9.17, 15) is 9.90 Å². The number of aliphatic hydroxyl groups excluding tert-OH is 1. The molecule has 0 amide bonds. The lowest BCUT2D eigenvalue weighted by atomic mass is 9.88. The smallest absolute Gasteiger partial charge is 0.302 e. The number of ether oxygens (including phenoxy) is 4. The molecule has 2 saturated carbocycles. The number of fused-ring (bicyclic) bond motifs is 3. The van der Waals surface area contributed by atoms with Crippen molar-refractivity contribution >= 4 is 5.97 Å². The number of rotatable bonds is 8. The van der Waals surface area contributed by atoms with E-state index in [0.29, 0.717) is 19.6 Å². The highest BCUT2D eigenvalue weighted by Crippen LogP contribution is 2.63. The van der Waals surface area contributed by atoms with Gasteiger partial charge in [-0.15, -0.1) is 0 Å². The Morgan fingerprint density at radius 3 is 2.26 bits per heavy atom. The zero-order chi connectivity index (χ0) is 21.4. The van der Waals surface area contributed by atoms with Gasteiger partial charge < -0.3 is 24.1 Å². The summed E-state index contributed by atoms with van der Waals surface area (Å²) in [5, 5.41) is 10.9. The van der Waals surface area contributed by atoms with E-state index in [-0.39, 0.29) is 42.7 Å². The first-order valence-corrected chi connectivity index (χ1v) is 10.9. The van der Waals surface area contributed by atoms with E-state index in [1.165, 1.54) is 6.92 Å². The van der Waals surface area contributed by atoms with Crippen molar-refractivity contribution in [2.24, 2.45) is 11.8 Å². The molecule has 0 spiro atoms. The highest BCUT2D eigenvalue weighted by Gasteiger charge is 2.78. The van der Waals surface area contributed by atoms with Gasteiger partial charge in [0.25, 0.3) is 0 Å². The zero-order valence-corrected chi connectivity index (χ0v) is 17.6. The topological polar surface area (TPSA) is 77.5 Å². The number of carbonyl (C=O) groups excluding carboxylic acids is 1. The third kappa shape index (κ3) is 3.89. The minimum absolute atomic E-state index is 0.00384. The molecule has 1 N–H and O–H groups in total. The summed E-state index contributed by atoms with van der Waals surface area (Å²) >= 11 is 0. The summed E-state index contributed by atoms with van der Waals surface area (Å²) in [6.07, 6.45) is -0.646. The van der Waals surface area contributed by atoms with Crippen LogP contribution >= 0.6 is 0 Å². The third-order valence-corrected chi connectivity index (χ3v) is 6.86. The molecule has 3 fully saturated rings. The molecule has 2 aliphatic carbocycles. The SMILES string of the molecule is CC(=O)OC[C@@]12O[C@@H]1[C@H](O)[C@@H]1C[C@@H](OCc3ccccc3)[C@@H](OCc3ccccc3)[C@@H]12. The average molecular weight is 424 g/mol. The van der Waals surface area contributed by atoms with Gasteiger partial charge in [-0.1, -0.05) is 60.7 Å². The van der Waals surface area contributed by atoms with E-state index < -0.39 is 11.7 Å². The molecule has 0 aromatic heterocycles. The maximum absolute atomic E-state index is 11.5. The van der Waals surface area contributed by atoms with Crippen molar-refractivity contribution in [3.8, 4) is 0 Å². The summed E-state index contributed by atoms with van der Waals surface area (Å²) in [4.78, 5) is 11.5. The minimum atomic E-state index is -0.679. The van der Waals surface area contributed by atoms with Gasteiger partial charge in [-0.2, -0.15) is 0 Å². The molecule has 6 nitrogen and oxygen atoms in total. The number of hydrogen-bond acceptors (Lipinski definition) is 6. The number of hydrogen-bond donors (Lipinski definition) is 1. The van der Waals surface area contributed by atoms with Crippen LogP contribution in [0.4, 0.5) is 0 Å². The number of epoxide rings is 1. The van der Waals surface area contributed by atoms with Gasteiger partial charge in [-0.25, -0.2) is 0 Å². The van der Waals surface area contributed by atoms with Crippen molar-refractivity contribution in [1.82, 2.24) is 0 Å². The summed E-state index contributed by atoms with van der Waals surface area (Å²) in [6, 6.07) is 20.0. The van der Waals surface area contributed by atoms with Crippen LogP contribution in [0.2, 0.25) is 0 Å². The highest BCUT2D eigenvalue weighted by atomic mass is 16.7. The van der Waals surface area contributed by atoms with E-state index in [0.717, 1.165) is 11.1 Å². The first kappa shape index (κ1) is 20.6. The molecule has 7 atom stereocenters. The van der Waals surface area contributed by atoms with Crippen LogP contribution in [0.15, 0.2) is 60.7 Å². The van der Waals surface area contributed by atoms with Crippen LogP contribution in [0.1, 0.15) is 24.5 Å².